The van der Waals surface area contributed by atoms with E-state index in [2.05, 4.69) is 27.2 Å². The van der Waals surface area contributed by atoms with E-state index in [9.17, 15) is 0 Å². The van der Waals surface area contributed by atoms with Crippen LogP contribution in [0.25, 0.3) is 11.0 Å². The Kier molecular flexibility index (Phi) is 3.82. The Hall–Kier alpha value is -1.69. The van der Waals surface area contributed by atoms with E-state index in [1.54, 1.807) is 0 Å². The van der Waals surface area contributed by atoms with Crippen molar-refractivity contribution in [3.63, 3.8) is 0 Å². The minimum atomic E-state index is 0.835. The van der Waals surface area contributed by atoms with E-state index >= 15 is 0 Å². The number of nitrogens with zero attached hydrogens (tertiary/aromatic N) is 5. The molecule has 0 bridgehead atoms. The van der Waals surface area contributed by atoms with Crippen LogP contribution in [-0.2, 0) is 13.6 Å². The highest BCUT2D eigenvalue weighted by atomic mass is 15.3. The maximum atomic E-state index is 4.70. The molecular formula is C14H22N6. The molecule has 0 saturated carbocycles. The van der Waals surface area contributed by atoms with Crippen molar-refractivity contribution in [3.05, 3.63) is 12.0 Å². The maximum absolute atomic E-state index is 4.70. The van der Waals surface area contributed by atoms with Gasteiger partial charge in [0.2, 0.25) is 0 Å². The summed E-state index contributed by atoms with van der Waals surface area (Å²) in [6.45, 7) is 6.22. The van der Waals surface area contributed by atoms with E-state index in [4.69, 9.17) is 4.98 Å². The standard InChI is InChI=1S/C14H22N6/c1-3-6-15-13-11-9-16-19(2)14(11)18-12(17-13)10-20-7-4-5-8-20/h9H,3-8,10H2,1-2H3,(H,15,17,18). The predicted molar refractivity (Wildman–Crippen MR) is 79.6 cm³/mol. The van der Waals surface area contributed by atoms with Crippen molar-refractivity contribution in [2.45, 2.75) is 32.7 Å². The fourth-order valence-corrected chi connectivity index (χ4v) is 2.66. The van der Waals surface area contributed by atoms with Crippen molar-refractivity contribution >= 4 is 16.9 Å². The summed E-state index contributed by atoms with van der Waals surface area (Å²) in [6, 6.07) is 0. The number of aromatic nitrogens is 4. The van der Waals surface area contributed by atoms with Crippen LogP contribution < -0.4 is 5.32 Å². The summed E-state index contributed by atoms with van der Waals surface area (Å²) in [4.78, 5) is 11.8. The molecule has 2 aromatic rings. The van der Waals surface area contributed by atoms with E-state index in [1.807, 2.05) is 17.9 Å². The SMILES string of the molecule is CCCNc1nc(CN2CCCC2)nc2c1cnn2C. The summed E-state index contributed by atoms with van der Waals surface area (Å²) in [6.07, 6.45) is 5.49. The Balaban J connectivity index is 1.92. The van der Waals surface area contributed by atoms with Crippen LogP contribution >= 0.6 is 0 Å². The van der Waals surface area contributed by atoms with Gasteiger partial charge in [0.15, 0.2) is 5.65 Å². The van der Waals surface area contributed by atoms with Gasteiger partial charge in [0.1, 0.15) is 11.6 Å². The van der Waals surface area contributed by atoms with Crippen LogP contribution in [0.15, 0.2) is 6.20 Å². The third-order valence-electron chi connectivity index (χ3n) is 3.74. The molecule has 0 aromatic carbocycles. The summed E-state index contributed by atoms with van der Waals surface area (Å²) in [5.74, 6) is 1.81. The summed E-state index contributed by atoms with van der Waals surface area (Å²) < 4.78 is 1.82. The van der Waals surface area contributed by atoms with Crippen molar-refractivity contribution in [1.82, 2.24) is 24.6 Å². The molecule has 0 radical (unpaired) electrons. The Bertz CT molecular complexity index is 585. The molecule has 1 N–H and O–H groups in total. The second-order valence-electron chi connectivity index (χ2n) is 5.40. The van der Waals surface area contributed by atoms with E-state index in [0.717, 1.165) is 55.3 Å². The largest absolute Gasteiger partial charge is 0.369 e. The fraction of sp³-hybridized carbons (Fsp3) is 0.643. The van der Waals surface area contributed by atoms with Crippen LogP contribution in [0.4, 0.5) is 5.82 Å². The van der Waals surface area contributed by atoms with Crippen molar-refractivity contribution in [2.75, 3.05) is 25.0 Å². The lowest BCUT2D eigenvalue weighted by Crippen LogP contribution is -2.20. The normalized spacial score (nSPS) is 16.1. The molecule has 3 heterocycles. The average Bonchev–Trinajstić information content (AvgIpc) is 3.07. The zero-order valence-electron chi connectivity index (χ0n) is 12.3. The number of fused-ring (bicyclic) bond motifs is 1. The van der Waals surface area contributed by atoms with Gasteiger partial charge in [-0.25, -0.2) is 9.97 Å². The van der Waals surface area contributed by atoms with Gasteiger partial charge in [0, 0.05) is 13.6 Å². The van der Waals surface area contributed by atoms with E-state index in [1.165, 1.54) is 12.8 Å². The van der Waals surface area contributed by atoms with E-state index < -0.39 is 0 Å². The smallest absolute Gasteiger partial charge is 0.163 e. The first-order valence-corrected chi connectivity index (χ1v) is 7.43. The lowest BCUT2D eigenvalue weighted by atomic mass is 10.3. The monoisotopic (exact) mass is 274 g/mol. The molecule has 1 aliphatic heterocycles. The number of hydrogen-bond donors (Lipinski definition) is 1. The Morgan fingerprint density at radius 2 is 2.05 bits per heavy atom. The van der Waals surface area contributed by atoms with Crippen molar-refractivity contribution in [3.8, 4) is 0 Å². The Morgan fingerprint density at radius 3 is 2.80 bits per heavy atom. The lowest BCUT2D eigenvalue weighted by Gasteiger charge is -2.14. The first kappa shape index (κ1) is 13.3. The van der Waals surface area contributed by atoms with Crippen molar-refractivity contribution in [2.24, 2.45) is 7.05 Å². The van der Waals surface area contributed by atoms with Gasteiger partial charge >= 0.3 is 0 Å². The Labute approximate surface area is 119 Å². The highest BCUT2D eigenvalue weighted by Crippen LogP contribution is 2.20. The van der Waals surface area contributed by atoms with Crippen LogP contribution in [0.1, 0.15) is 32.0 Å². The van der Waals surface area contributed by atoms with E-state index in [-0.39, 0.29) is 0 Å². The molecule has 108 valence electrons. The van der Waals surface area contributed by atoms with Crippen LogP contribution in [0, 0.1) is 0 Å². The fourth-order valence-electron chi connectivity index (χ4n) is 2.66. The van der Waals surface area contributed by atoms with Crippen molar-refractivity contribution < 1.29 is 0 Å². The third kappa shape index (κ3) is 2.60. The summed E-state index contributed by atoms with van der Waals surface area (Å²) in [5.41, 5.74) is 0.910. The van der Waals surface area contributed by atoms with Gasteiger partial charge < -0.3 is 5.32 Å². The highest BCUT2D eigenvalue weighted by molar-refractivity contribution is 5.86. The molecule has 20 heavy (non-hydrogen) atoms. The molecule has 1 fully saturated rings. The van der Waals surface area contributed by atoms with E-state index in [0.29, 0.717) is 0 Å². The Morgan fingerprint density at radius 1 is 1.25 bits per heavy atom. The molecule has 0 atom stereocenters. The number of anilines is 1. The molecule has 3 rings (SSSR count). The van der Waals surface area contributed by atoms with Crippen LogP contribution in [0.3, 0.4) is 0 Å². The average molecular weight is 274 g/mol. The highest BCUT2D eigenvalue weighted by Gasteiger charge is 2.16. The molecule has 0 amide bonds. The molecule has 0 aliphatic carbocycles. The van der Waals surface area contributed by atoms with Gasteiger partial charge in [0.25, 0.3) is 0 Å². The summed E-state index contributed by atoms with van der Waals surface area (Å²) >= 11 is 0. The first-order valence-electron chi connectivity index (χ1n) is 7.43. The summed E-state index contributed by atoms with van der Waals surface area (Å²) in [7, 11) is 1.93. The molecule has 6 nitrogen and oxygen atoms in total. The second-order valence-corrected chi connectivity index (χ2v) is 5.40. The lowest BCUT2D eigenvalue weighted by molar-refractivity contribution is 0.323. The minimum Gasteiger partial charge on any atom is -0.369 e. The molecule has 0 spiro atoms. The number of nitrogens with one attached hydrogen (secondary N) is 1. The first-order chi connectivity index (χ1) is 9.78. The molecule has 1 aliphatic rings. The third-order valence-corrected chi connectivity index (χ3v) is 3.74. The number of aryl methyl sites for hydroxylation is 1. The quantitative estimate of drug-likeness (QED) is 0.900. The van der Waals surface area contributed by atoms with Gasteiger partial charge in [-0.2, -0.15) is 5.10 Å². The zero-order valence-corrected chi connectivity index (χ0v) is 12.3. The summed E-state index contributed by atoms with van der Waals surface area (Å²) in [5, 5.41) is 8.70. The molecule has 0 unspecified atom stereocenters. The minimum absolute atomic E-state index is 0.835. The van der Waals surface area contributed by atoms with Gasteiger partial charge in [-0.1, -0.05) is 6.92 Å². The maximum Gasteiger partial charge on any atom is 0.163 e. The zero-order chi connectivity index (χ0) is 13.9. The number of hydrogen-bond acceptors (Lipinski definition) is 5. The predicted octanol–water partition coefficient (Wildman–Crippen LogP) is 1.78. The second kappa shape index (κ2) is 5.75. The van der Waals surface area contributed by atoms with Gasteiger partial charge in [-0.3, -0.25) is 9.58 Å². The molecule has 1 saturated heterocycles. The van der Waals surface area contributed by atoms with Gasteiger partial charge in [-0.15, -0.1) is 0 Å². The molecule has 2 aromatic heterocycles. The topological polar surface area (TPSA) is 58.9 Å². The molecular weight excluding hydrogens is 252 g/mol. The van der Waals surface area contributed by atoms with Crippen LogP contribution in [0.5, 0.6) is 0 Å². The van der Waals surface area contributed by atoms with Crippen LogP contribution in [-0.4, -0.2) is 44.3 Å². The van der Waals surface area contributed by atoms with Gasteiger partial charge in [0.05, 0.1) is 18.1 Å². The number of likely N-dealkylation sites (tertiary alicyclic amines) is 1. The number of rotatable bonds is 5. The van der Waals surface area contributed by atoms with Crippen molar-refractivity contribution in [1.29, 1.82) is 0 Å². The van der Waals surface area contributed by atoms with Gasteiger partial charge in [-0.05, 0) is 32.4 Å². The van der Waals surface area contributed by atoms with Crippen LogP contribution in [0.2, 0.25) is 0 Å². The molecule has 6 heteroatoms.